The van der Waals surface area contributed by atoms with Gasteiger partial charge in [-0.1, -0.05) is 6.58 Å². The van der Waals surface area contributed by atoms with E-state index < -0.39 is 0 Å². The molecule has 0 aromatic rings. The molecular formula is C7H9NO. The number of aliphatic hydroxyl groups is 1. The number of hydrogen-bond acceptors (Lipinski definition) is 2. The Hall–Kier alpha value is -1.18. The van der Waals surface area contributed by atoms with Crippen LogP contribution >= 0.6 is 0 Å². The van der Waals surface area contributed by atoms with Gasteiger partial charge in [-0.3, -0.25) is 0 Å². The van der Waals surface area contributed by atoms with Crippen molar-refractivity contribution in [1.82, 2.24) is 0 Å². The highest BCUT2D eigenvalue weighted by molar-refractivity contribution is 5.36. The summed E-state index contributed by atoms with van der Waals surface area (Å²) in [6.45, 7) is 3.69. The van der Waals surface area contributed by atoms with Crippen LogP contribution in [0.15, 0.2) is 35.8 Å². The average Bonchev–Trinajstić information content (AvgIpc) is 1.80. The van der Waals surface area contributed by atoms with E-state index in [2.05, 4.69) is 6.58 Å². The van der Waals surface area contributed by atoms with Crippen molar-refractivity contribution in [2.45, 2.75) is 6.42 Å². The van der Waals surface area contributed by atoms with Gasteiger partial charge >= 0.3 is 0 Å². The van der Waals surface area contributed by atoms with Crippen molar-refractivity contribution in [3.05, 3.63) is 35.8 Å². The standard InChI is InChI=1S/C7H9NO/c1-5-2-3-7(9)6(8)4-5/h3-4,9H,1-2,8H2. The van der Waals surface area contributed by atoms with Gasteiger partial charge in [-0.15, -0.1) is 0 Å². The lowest BCUT2D eigenvalue weighted by Crippen LogP contribution is -2.04. The van der Waals surface area contributed by atoms with Crippen LogP contribution in [0.1, 0.15) is 6.42 Å². The van der Waals surface area contributed by atoms with E-state index in [0.29, 0.717) is 12.1 Å². The molecule has 1 aliphatic rings. The molecule has 0 spiro atoms. The van der Waals surface area contributed by atoms with Gasteiger partial charge in [0.1, 0.15) is 5.76 Å². The highest BCUT2D eigenvalue weighted by Crippen LogP contribution is 2.14. The molecule has 0 saturated carbocycles. The van der Waals surface area contributed by atoms with Gasteiger partial charge in [0.25, 0.3) is 0 Å². The Morgan fingerprint density at radius 3 is 2.78 bits per heavy atom. The second kappa shape index (κ2) is 1.97. The lowest BCUT2D eigenvalue weighted by atomic mass is 10.1. The largest absolute Gasteiger partial charge is 0.506 e. The van der Waals surface area contributed by atoms with Crippen LogP contribution in [0.3, 0.4) is 0 Å². The summed E-state index contributed by atoms with van der Waals surface area (Å²) in [5, 5.41) is 8.92. The van der Waals surface area contributed by atoms with Gasteiger partial charge in [0.05, 0.1) is 5.70 Å². The number of rotatable bonds is 0. The molecule has 0 aromatic heterocycles. The monoisotopic (exact) mass is 123 g/mol. The number of nitrogens with two attached hydrogens (primary N) is 1. The summed E-state index contributed by atoms with van der Waals surface area (Å²) in [6, 6.07) is 0. The molecule has 0 radical (unpaired) electrons. The Labute approximate surface area is 54.0 Å². The maximum atomic E-state index is 8.92. The Morgan fingerprint density at radius 2 is 2.33 bits per heavy atom. The molecule has 0 atom stereocenters. The van der Waals surface area contributed by atoms with Crippen molar-refractivity contribution in [1.29, 1.82) is 0 Å². The molecule has 0 aliphatic heterocycles. The molecule has 9 heavy (non-hydrogen) atoms. The molecule has 1 aliphatic carbocycles. The quantitative estimate of drug-likeness (QED) is 0.509. The predicted molar refractivity (Wildman–Crippen MR) is 36.7 cm³/mol. The Morgan fingerprint density at radius 1 is 1.67 bits per heavy atom. The van der Waals surface area contributed by atoms with Crippen LogP contribution in [0.2, 0.25) is 0 Å². The molecule has 0 heterocycles. The minimum absolute atomic E-state index is 0.169. The fourth-order valence-electron chi connectivity index (χ4n) is 0.698. The molecular weight excluding hydrogens is 114 g/mol. The normalized spacial score (nSPS) is 18.9. The van der Waals surface area contributed by atoms with E-state index in [9.17, 15) is 0 Å². The van der Waals surface area contributed by atoms with Gasteiger partial charge in [0.15, 0.2) is 0 Å². The van der Waals surface area contributed by atoms with Crippen molar-refractivity contribution in [3.63, 3.8) is 0 Å². The summed E-state index contributed by atoms with van der Waals surface area (Å²) in [6.07, 6.45) is 4.03. The van der Waals surface area contributed by atoms with Gasteiger partial charge in [-0.2, -0.15) is 0 Å². The zero-order valence-corrected chi connectivity index (χ0v) is 5.09. The molecule has 2 nitrogen and oxygen atoms in total. The van der Waals surface area contributed by atoms with Crippen molar-refractivity contribution < 1.29 is 5.11 Å². The summed E-state index contributed by atoms with van der Waals surface area (Å²) < 4.78 is 0. The van der Waals surface area contributed by atoms with Crippen LogP contribution < -0.4 is 5.73 Å². The minimum atomic E-state index is 0.169. The zero-order chi connectivity index (χ0) is 6.85. The maximum absolute atomic E-state index is 8.92. The molecule has 0 unspecified atom stereocenters. The summed E-state index contributed by atoms with van der Waals surface area (Å²) in [7, 11) is 0. The highest BCUT2D eigenvalue weighted by atomic mass is 16.3. The Balaban J connectivity index is 2.87. The van der Waals surface area contributed by atoms with Crippen molar-refractivity contribution in [2.75, 3.05) is 0 Å². The molecule has 0 saturated heterocycles. The molecule has 48 valence electrons. The van der Waals surface area contributed by atoms with E-state index in [-0.39, 0.29) is 5.76 Å². The molecule has 0 bridgehead atoms. The zero-order valence-electron chi connectivity index (χ0n) is 5.09. The molecule has 1 rings (SSSR count). The van der Waals surface area contributed by atoms with Gasteiger partial charge in [-0.05, 0) is 24.1 Å². The third-order valence-corrected chi connectivity index (χ3v) is 1.21. The maximum Gasteiger partial charge on any atom is 0.134 e. The molecule has 0 amide bonds. The van der Waals surface area contributed by atoms with Crippen LogP contribution in [0.25, 0.3) is 0 Å². The SMILES string of the molecule is C=C1C=C(N)C(O)=CC1. The minimum Gasteiger partial charge on any atom is -0.506 e. The first-order valence-corrected chi connectivity index (χ1v) is 2.74. The first kappa shape index (κ1) is 5.95. The Kier molecular flexibility index (Phi) is 1.30. The first-order valence-electron chi connectivity index (χ1n) is 2.74. The van der Waals surface area contributed by atoms with Crippen molar-refractivity contribution in [2.24, 2.45) is 5.73 Å². The van der Waals surface area contributed by atoms with E-state index in [1.54, 1.807) is 12.2 Å². The second-order valence-electron chi connectivity index (χ2n) is 2.05. The Bertz CT molecular complexity index is 201. The van der Waals surface area contributed by atoms with Crippen LogP contribution in [0.5, 0.6) is 0 Å². The van der Waals surface area contributed by atoms with E-state index in [1.165, 1.54) is 0 Å². The van der Waals surface area contributed by atoms with Gasteiger partial charge in [-0.25, -0.2) is 0 Å². The number of hydrogen-bond donors (Lipinski definition) is 2. The summed E-state index contributed by atoms with van der Waals surface area (Å²) in [5.41, 5.74) is 6.69. The fraction of sp³-hybridized carbons (Fsp3) is 0.143. The second-order valence-corrected chi connectivity index (χ2v) is 2.05. The smallest absolute Gasteiger partial charge is 0.134 e. The fourth-order valence-corrected chi connectivity index (χ4v) is 0.698. The van der Waals surface area contributed by atoms with E-state index >= 15 is 0 Å². The van der Waals surface area contributed by atoms with Gasteiger partial charge in [0.2, 0.25) is 0 Å². The molecule has 0 fully saturated rings. The van der Waals surface area contributed by atoms with Crippen molar-refractivity contribution in [3.8, 4) is 0 Å². The predicted octanol–water partition coefficient (Wildman–Crippen LogP) is 1.23. The van der Waals surface area contributed by atoms with Crippen LogP contribution in [0.4, 0.5) is 0 Å². The van der Waals surface area contributed by atoms with Gasteiger partial charge < -0.3 is 10.8 Å². The van der Waals surface area contributed by atoms with E-state index in [0.717, 1.165) is 5.57 Å². The lowest BCUT2D eigenvalue weighted by molar-refractivity contribution is 0.418. The van der Waals surface area contributed by atoms with Crippen LogP contribution in [-0.2, 0) is 0 Å². The van der Waals surface area contributed by atoms with E-state index in [1.807, 2.05) is 0 Å². The average molecular weight is 123 g/mol. The third kappa shape index (κ3) is 1.13. The summed E-state index contributed by atoms with van der Waals surface area (Å²) >= 11 is 0. The molecule has 3 N–H and O–H groups in total. The summed E-state index contributed by atoms with van der Waals surface area (Å²) in [4.78, 5) is 0. The third-order valence-electron chi connectivity index (χ3n) is 1.21. The van der Waals surface area contributed by atoms with Gasteiger partial charge in [0, 0.05) is 0 Å². The topological polar surface area (TPSA) is 46.2 Å². The number of allylic oxidation sites excluding steroid dienone is 3. The van der Waals surface area contributed by atoms with Crippen LogP contribution in [0, 0.1) is 0 Å². The number of aliphatic hydroxyl groups excluding tert-OH is 1. The molecule has 0 aromatic carbocycles. The lowest BCUT2D eigenvalue weighted by Gasteiger charge is -2.06. The van der Waals surface area contributed by atoms with Crippen LogP contribution in [-0.4, -0.2) is 5.11 Å². The summed E-state index contributed by atoms with van der Waals surface area (Å²) in [5.74, 6) is 0.169. The van der Waals surface area contributed by atoms with E-state index in [4.69, 9.17) is 10.8 Å². The molecule has 2 heteroatoms. The van der Waals surface area contributed by atoms with Crippen molar-refractivity contribution >= 4 is 0 Å². The first-order chi connectivity index (χ1) is 4.20. The highest BCUT2D eigenvalue weighted by Gasteiger charge is 2.03.